The van der Waals surface area contributed by atoms with Crippen molar-refractivity contribution in [2.24, 2.45) is 0 Å². The minimum atomic E-state index is -1.09. The zero-order valence-corrected chi connectivity index (χ0v) is 21.0. The van der Waals surface area contributed by atoms with Crippen LogP contribution < -0.4 is 10.6 Å². The van der Waals surface area contributed by atoms with Gasteiger partial charge in [0.2, 0.25) is 0 Å². The van der Waals surface area contributed by atoms with Gasteiger partial charge in [-0.05, 0) is 49.8 Å². The highest BCUT2D eigenvalue weighted by molar-refractivity contribution is 6.76. The maximum Gasteiger partial charge on any atom is 0.147 e. The standard InChI is InChI=1S/C22H37N5O2Si.ClH/c1-30(2,3)12-11-29-16-27-14-19(17-6-9-28-10-7-17)20-21(24-15-25-22(20)27)26-18-5-4-8-23-13-18;/h14-15,17-18,23H,4-13,16H2,1-3H3,(H,24,25,26);1H/t18-;/m1./s1. The quantitative estimate of drug-likeness (QED) is 0.447. The SMILES string of the molecule is C[Si](C)(C)CCOCn1cc(C2CCOCC2)c2c(N[C@@H]3CCCNC3)ncnc21.Cl. The Labute approximate surface area is 193 Å². The summed E-state index contributed by atoms with van der Waals surface area (Å²) in [6.45, 7) is 12.3. The van der Waals surface area contributed by atoms with Crippen LogP contribution in [-0.2, 0) is 16.2 Å². The highest BCUT2D eigenvalue weighted by Gasteiger charge is 2.25. The summed E-state index contributed by atoms with van der Waals surface area (Å²) in [4.78, 5) is 9.34. The topological polar surface area (TPSA) is 73.2 Å². The van der Waals surface area contributed by atoms with E-state index in [0.29, 0.717) is 18.7 Å². The van der Waals surface area contributed by atoms with Crippen LogP contribution >= 0.6 is 12.4 Å². The van der Waals surface area contributed by atoms with Gasteiger partial charge in [0.05, 0.1) is 5.39 Å². The average molecular weight is 468 g/mol. The van der Waals surface area contributed by atoms with E-state index in [9.17, 15) is 0 Å². The lowest BCUT2D eigenvalue weighted by Crippen LogP contribution is -2.38. The maximum atomic E-state index is 6.08. The number of nitrogens with one attached hydrogen (secondary N) is 2. The Morgan fingerprint density at radius 2 is 2.03 bits per heavy atom. The summed E-state index contributed by atoms with van der Waals surface area (Å²) in [5.41, 5.74) is 2.32. The summed E-state index contributed by atoms with van der Waals surface area (Å²) in [7, 11) is -1.09. The molecule has 31 heavy (non-hydrogen) atoms. The van der Waals surface area contributed by atoms with Gasteiger partial charge in [-0.1, -0.05) is 19.6 Å². The number of aromatic nitrogens is 3. The molecule has 2 aromatic heterocycles. The minimum Gasteiger partial charge on any atom is -0.381 e. The lowest BCUT2D eigenvalue weighted by Gasteiger charge is -2.25. The third-order valence-corrected chi connectivity index (χ3v) is 7.91. The van der Waals surface area contributed by atoms with E-state index < -0.39 is 8.07 Å². The van der Waals surface area contributed by atoms with Crippen LogP contribution in [0.15, 0.2) is 12.5 Å². The van der Waals surface area contributed by atoms with E-state index in [1.54, 1.807) is 6.33 Å². The molecule has 0 bridgehead atoms. The molecule has 7 nitrogen and oxygen atoms in total. The van der Waals surface area contributed by atoms with Crippen molar-refractivity contribution >= 4 is 37.3 Å². The highest BCUT2D eigenvalue weighted by Crippen LogP contribution is 2.36. The Balaban J connectivity index is 0.00000272. The maximum absolute atomic E-state index is 6.08. The van der Waals surface area contributed by atoms with Crippen molar-refractivity contribution in [2.75, 3.05) is 38.2 Å². The van der Waals surface area contributed by atoms with Crippen molar-refractivity contribution in [3.05, 3.63) is 18.1 Å². The molecule has 0 unspecified atom stereocenters. The lowest BCUT2D eigenvalue weighted by molar-refractivity contribution is 0.0840. The second-order valence-electron chi connectivity index (χ2n) is 9.90. The molecule has 1 atom stereocenters. The Morgan fingerprint density at radius 1 is 1.23 bits per heavy atom. The lowest BCUT2D eigenvalue weighted by atomic mass is 9.92. The number of ether oxygens (including phenoxy) is 2. The summed E-state index contributed by atoms with van der Waals surface area (Å²) >= 11 is 0. The first-order valence-corrected chi connectivity index (χ1v) is 15.2. The molecular weight excluding hydrogens is 430 g/mol. The molecule has 0 spiro atoms. The number of anilines is 1. The molecule has 2 aliphatic heterocycles. The van der Waals surface area contributed by atoms with E-state index in [4.69, 9.17) is 9.47 Å². The fraction of sp³-hybridized carbons (Fsp3) is 0.727. The molecule has 2 fully saturated rings. The molecule has 2 aromatic rings. The molecule has 9 heteroatoms. The number of hydrogen-bond donors (Lipinski definition) is 2. The second-order valence-corrected chi connectivity index (χ2v) is 15.5. The Kier molecular flexibility index (Phi) is 8.75. The van der Waals surface area contributed by atoms with E-state index in [2.05, 4.69) is 51.0 Å². The molecule has 4 heterocycles. The van der Waals surface area contributed by atoms with Crippen molar-refractivity contribution in [3.8, 4) is 0 Å². The monoisotopic (exact) mass is 467 g/mol. The van der Waals surface area contributed by atoms with Gasteiger partial charge in [0.1, 0.15) is 24.5 Å². The number of halogens is 1. The van der Waals surface area contributed by atoms with Gasteiger partial charge in [-0.3, -0.25) is 0 Å². The average Bonchev–Trinajstić information content (AvgIpc) is 3.12. The van der Waals surface area contributed by atoms with Crippen LogP contribution in [0.1, 0.15) is 37.2 Å². The Bertz CT molecular complexity index is 829. The highest BCUT2D eigenvalue weighted by atomic mass is 35.5. The first kappa shape index (κ1) is 24.4. The first-order chi connectivity index (χ1) is 14.5. The molecule has 0 amide bonds. The van der Waals surface area contributed by atoms with E-state index in [1.165, 1.54) is 29.8 Å². The van der Waals surface area contributed by atoms with Gasteiger partial charge in [-0.15, -0.1) is 12.4 Å². The molecule has 4 rings (SSSR count). The normalized spacial score (nSPS) is 20.5. The summed E-state index contributed by atoms with van der Waals surface area (Å²) in [5, 5.41) is 8.37. The molecule has 174 valence electrons. The fourth-order valence-electron chi connectivity index (χ4n) is 4.39. The summed E-state index contributed by atoms with van der Waals surface area (Å²) in [6, 6.07) is 1.59. The summed E-state index contributed by atoms with van der Waals surface area (Å²) < 4.78 is 13.9. The number of piperidine rings is 1. The van der Waals surface area contributed by atoms with Crippen LogP contribution in [0.25, 0.3) is 11.0 Å². The minimum absolute atomic E-state index is 0. The van der Waals surface area contributed by atoms with Gasteiger partial charge >= 0.3 is 0 Å². The molecule has 0 aliphatic carbocycles. The van der Waals surface area contributed by atoms with Crippen LogP contribution in [0.3, 0.4) is 0 Å². The van der Waals surface area contributed by atoms with Crippen molar-refractivity contribution < 1.29 is 9.47 Å². The van der Waals surface area contributed by atoms with Gasteiger partial charge in [0.15, 0.2) is 0 Å². The predicted octanol–water partition coefficient (Wildman–Crippen LogP) is 4.22. The predicted molar refractivity (Wildman–Crippen MR) is 131 cm³/mol. The molecule has 0 aromatic carbocycles. The number of hydrogen-bond acceptors (Lipinski definition) is 6. The fourth-order valence-corrected chi connectivity index (χ4v) is 5.15. The smallest absolute Gasteiger partial charge is 0.147 e. The van der Waals surface area contributed by atoms with Gasteiger partial charge in [0, 0.05) is 46.7 Å². The van der Waals surface area contributed by atoms with Crippen molar-refractivity contribution in [2.45, 2.75) is 70.1 Å². The van der Waals surface area contributed by atoms with Gasteiger partial charge in [-0.2, -0.15) is 0 Å². The van der Waals surface area contributed by atoms with E-state index in [-0.39, 0.29) is 12.4 Å². The van der Waals surface area contributed by atoms with Gasteiger partial charge < -0.3 is 24.7 Å². The van der Waals surface area contributed by atoms with Crippen LogP contribution in [0, 0.1) is 0 Å². The molecular formula is C22H38ClN5O2Si. The van der Waals surface area contributed by atoms with E-state index >= 15 is 0 Å². The molecule has 2 saturated heterocycles. The Hall–Kier alpha value is -1.19. The summed E-state index contributed by atoms with van der Waals surface area (Å²) in [5.74, 6) is 1.46. The Morgan fingerprint density at radius 3 is 2.74 bits per heavy atom. The first-order valence-electron chi connectivity index (χ1n) is 11.5. The van der Waals surface area contributed by atoms with E-state index in [1.807, 2.05) is 0 Å². The van der Waals surface area contributed by atoms with E-state index in [0.717, 1.165) is 57.2 Å². The van der Waals surface area contributed by atoms with Crippen LogP contribution in [0.4, 0.5) is 5.82 Å². The number of nitrogens with zero attached hydrogens (tertiary/aromatic N) is 3. The van der Waals surface area contributed by atoms with Crippen LogP contribution in [0.2, 0.25) is 25.7 Å². The number of rotatable bonds is 8. The van der Waals surface area contributed by atoms with Crippen molar-refractivity contribution in [1.29, 1.82) is 0 Å². The molecule has 2 N–H and O–H groups in total. The second kappa shape index (κ2) is 11.1. The molecule has 0 saturated carbocycles. The molecule has 0 radical (unpaired) electrons. The van der Waals surface area contributed by atoms with Crippen molar-refractivity contribution in [3.63, 3.8) is 0 Å². The summed E-state index contributed by atoms with van der Waals surface area (Å²) in [6.07, 6.45) is 8.42. The van der Waals surface area contributed by atoms with Gasteiger partial charge in [-0.25, -0.2) is 9.97 Å². The van der Waals surface area contributed by atoms with Crippen molar-refractivity contribution in [1.82, 2.24) is 19.9 Å². The largest absolute Gasteiger partial charge is 0.381 e. The van der Waals surface area contributed by atoms with Crippen LogP contribution in [0.5, 0.6) is 0 Å². The third kappa shape index (κ3) is 6.41. The van der Waals surface area contributed by atoms with Gasteiger partial charge in [0.25, 0.3) is 0 Å². The zero-order chi connectivity index (χ0) is 21.0. The molecule has 2 aliphatic rings. The number of fused-ring (bicyclic) bond motifs is 1. The third-order valence-electron chi connectivity index (χ3n) is 6.21. The van der Waals surface area contributed by atoms with Crippen LogP contribution in [-0.4, -0.2) is 61.6 Å². The zero-order valence-electron chi connectivity index (χ0n) is 19.2.